The molecule has 3 aromatic carbocycles. The van der Waals surface area contributed by atoms with Gasteiger partial charge in [0.15, 0.2) is 0 Å². The molecule has 1 heterocycles. The van der Waals surface area contributed by atoms with Gasteiger partial charge in [0, 0.05) is 29.2 Å². The van der Waals surface area contributed by atoms with Crippen molar-refractivity contribution in [2.45, 2.75) is 25.9 Å². The molecule has 0 aliphatic carbocycles. The first-order valence-electron chi connectivity index (χ1n) is 11.4. The van der Waals surface area contributed by atoms with Gasteiger partial charge >= 0.3 is 0 Å². The van der Waals surface area contributed by atoms with Gasteiger partial charge in [-0.3, -0.25) is 9.59 Å². The van der Waals surface area contributed by atoms with E-state index in [0.717, 1.165) is 36.4 Å². The minimum atomic E-state index is -0.162. The lowest BCUT2D eigenvalue weighted by molar-refractivity contribution is -0.114. The van der Waals surface area contributed by atoms with Gasteiger partial charge < -0.3 is 25.4 Å². The number of anilines is 3. The minimum absolute atomic E-state index is 0.117. The summed E-state index contributed by atoms with van der Waals surface area (Å²) in [6, 6.07) is 22.0. The molecule has 1 unspecified atom stereocenters. The average molecular weight is 460 g/mol. The van der Waals surface area contributed by atoms with Gasteiger partial charge in [-0.1, -0.05) is 17.7 Å². The Morgan fingerprint density at radius 2 is 1.65 bits per heavy atom. The summed E-state index contributed by atoms with van der Waals surface area (Å²) in [5.74, 6) is 0.429. The highest BCUT2D eigenvalue weighted by Gasteiger charge is 2.16. The number of rotatable bonds is 9. The number of benzene rings is 3. The molecule has 7 heteroatoms. The second-order valence-electron chi connectivity index (χ2n) is 8.27. The van der Waals surface area contributed by atoms with Crippen LogP contribution in [0, 0.1) is 6.92 Å². The summed E-state index contributed by atoms with van der Waals surface area (Å²) in [5, 5.41) is 8.82. The van der Waals surface area contributed by atoms with E-state index in [1.165, 1.54) is 0 Å². The Balaban J connectivity index is 1.20. The number of carbonyl (C=O) groups is 2. The quantitative estimate of drug-likeness (QED) is 0.425. The summed E-state index contributed by atoms with van der Waals surface area (Å²) in [6.45, 7) is 3.42. The van der Waals surface area contributed by atoms with Crippen molar-refractivity contribution in [2.24, 2.45) is 0 Å². The van der Waals surface area contributed by atoms with Gasteiger partial charge in [0.25, 0.3) is 5.91 Å². The highest BCUT2D eigenvalue weighted by molar-refractivity contribution is 6.04. The molecule has 4 rings (SSSR count). The topological polar surface area (TPSA) is 88.7 Å². The smallest absolute Gasteiger partial charge is 0.255 e. The lowest BCUT2D eigenvalue weighted by atomic mass is 10.1. The summed E-state index contributed by atoms with van der Waals surface area (Å²) in [6.07, 6.45) is 2.29. The van der Waals surface area contributed by atoms with E-state index in [1.54, 1.807) is 18.2 Å². The zero-order valence-corrected chi connectivity index (χ0v) is 19.2. The maximum atomic E-state index is 12.4. The first kappa shape index (κ1) is 23.3. The number of ether oxygens (including phenoxy) is 2. The van der Waals surface area contributed by atoms with Crippen LogP contribution in [-0.2, 0) is 9.53 Å². The van der Waals surface area contributed by atoms with Gasteiger partial charge in [0.1, 0.15) is 12.4 Å². The average Bonchev–Trinajstić information content (AvgIpc) is 3.37. The molecule has 3 N–H and O–H groups in total. The first-order chi connectivity index (χ1) is 16.5. The van der Waals surface area contributed by atoms with Crippen molar-refractivity contribution < 1.29 is 19.1 Å². The SMILES string of the molecule is Cc1cccc(C(=O)Nc2ccc(NCC(=O)Nc3ccc(OCC4CCCO4)cc3)cc2)c1. The molecule has 1 atom stereocenters. The van der Waals surface area contributed by atoms with E-state index in [2.05, 4.69) is 16.0 Å². The molecule has 0 radical (unpaired) electrons. The number of carbonyl (C=O) groups excluding carboxylic acids is 2. The van der Waals surface area contributed by atoms with Crippen LogP contribution in [0.4, 0.5) is 17.1 Å². The van der Waals surface area contributed by atoms with E-state index in [1.807, 2.05) is 61.5 Å². The number of hydrogen-bond donors (Lipinski definition) is 3. The van der Waals surface area contributed by atoms with Crippen LogP contribution in [0.25, 0.3) is 0 Å². The second kappa shape index (κ2) is 11.3. The van der Waals surface area contributed by atoms with Crippen molar-refractivity contribution in [3.63, 3.8) is 0 Å². The molecule has 1 aliphatic heterocycles. The van der Waals surface area contributed by atoms with Gasteiger partial charge in [-0.2, -0.15) is 0 Å². The Kier molecular flexibility index (Phi) is 7.78. The lowest BCUT2D eigenvalue weighted by Gasteiger charge is -2.12. The van der Waals surface area contributed by atoms with E-state index < -0.39 is 0 Å². The van der Waals surface area contributed by atoms with Crippen molar-refractivity contribution in [1.82, 2.24) is 0 Å². The second-order valence-corrected chi connectivity index (χ2v) is 8.27. The standard InChI is InChI=1S/C27H29N3O4/c1-19-4-2-5-20(16-19)27(32)30-23-9-7-21(8-10-23)28-17-26(31)29-22-11-13-24(14-12-22)34-18-25-6-3-15-33-25/h2,4-5,7-14,16,25,28H,3,6,15,17-18H2,1H3,(H,29,31)(H,30,32). The normalized spacial score (nSPS) is 14.9. The molecular formula is C27H29N3O4. The predicted molar refractivity (Wildman–Crippen MR) is 134 cm³/mol. The fourth-order valence-electron chi connectivity index (χ4n) is 3.65. The number of aryl methyl sites for hydroxylation is 1. The van der Waals surface area contributed by atoms with Crippen molar-refractivity contribution in [3.8, 4) is 5.75 Å². The number of amides is 2. The highest BCUT2D eigenvalue weighted by Crippen LogP contribution is 2.19. The number of nitrogens with one attached hydrogen (secondary N) is 3. The molecule has 0 saturated carbocycles. The largest absolute Gasteiger partial charge is 0.491 e. The Hall–Kier alpha value is -3.84. The molecule has 1 fully saturated rings. The van der Waals surface area contributed by atoms with Crippen LogP contribution >= 0.6 is 0 Å². The molecule has 2 amide bonds. The van der Waals surface area contributed by atoms with Gasteiger partial charge in [-0.25, -0.2) is 0 Å². The lowest BCUT2D eigenvalue weighted by Crippen LogP contribution is -2.21. The van der Waals surface area contributed by atoms with Gasteiger partial charge in [0.05, 0.1) is 12.6 Å². The summed E-state index contributed by atoms with van der Waals surface area (Å²) in [5.41, 5.74) is 3.81. The van der Waals surface area contributed by atoms with Crippen molar-refractivity contribution in [2.75, 3.05) is 35.7 Å². The van der Waals surface area contributed by atoms with Crippen molar-refractivity contribution in [3.05, 3.63) is 83.9 Å². The van der Waals surface area contributed by atoms with Crippen LogP contribution in [0.3, 0.4) is 0 Å². The van der Waals surface area contributed by atoms with Crippen molar-refractivity contribution >= 4 is 28.9 Å². The highest BCUT2D eigenvalue weighted by atomic mass is 16.5. The maximum Gasteiger partial charge on any atom is 0.255 e. The molecule has 34 heavy (non-hydrogen) atoms. The van der Waals surface area contributed by atoms with Crippen LogP contribution in [0.2, 0.25) is 0 Å². The zero-order chi connectivity index (χ0) is 23.8. The van der Waals surface area contributed by atoms with E-state index >= 15 is 0 Å². The van der Waals surface area contributed by atoms with E-state index in [-0.39, 0.29) is 24.5 Å². The Labute approximate surface area is 199 Å². The molecule has 176 valence electrons. The number of hydrogen-bond acceptors (Lipinski definition) is 5. The molecular weight excluding hydrogens is 430 g/mol. The third kappa shape index (κ3) is 6.83. The summed E-state index contributed by atoms with van der Waals surface area (Å²) >= 11 is 0. The third-order valence-electron chi connectivity index (χ3n) is 5.47. The van der Waals surface area contributed by atoms with Crippen LogP contribution in [-0.4, -0.2) is 37.7 Å². The van der Waals surface area contributed by atoms with Crippen LogP contribution < -0.4 is 20.7 Å². The predicted octanol–water partition coefficient (Wildman–Crippen LogP) is 4.86. The summed E-state index contributed by atoms with van der Waals surface area (Å²) < 4.78 is 11.3. The van der Waals surface area contributed by atoms with Gasteiger partial charge in [0.2, 0.25) is 5.91 Å². The van der Waals surface area contributed by atoms with Gasteiger partial charge in [-0.05, 0) is 80.4 Å². The fourth-order valence-corrected chi connectivity index (χ4v) is 3.65. The molecule has 0 bridgehead atoms. The van der Waals surface area contributed by atoms with Crippen LogP contribution in [0.5, 0.6) is 5.75 Å². The Morgan fingerprint density at radius 3 is 2.35 bits per heavy atom. The molecule has 1 saturated heterocycles. The minimum Gasteiger partial charge on any atom is -0.491 e. The van der Waals surface area contributed by atoms with E-state index in [0.29, 0.717) is 23.5 Å². The molecule has 3 aromatic rings. The van der Waals surface area contributed by atoms with E-state index in [4.69, 9.17) is 9.47 Å². The van der Waals surface area contributed by atoms with Crippen LogP contribution in [0.1, 0.15) is 28.8 Å². The summed E-state index contributed by atoms with van der Waals surface area (Å²) in [7, 11) is 0. The monoisotopic (exact) mass is 459 g/mol. The van der Waals surface area contributed by atoms with E-state index in [9.17, 15) is 9.59 Å². The van der Waals surface area contributed by atoms with Gasteiger partial charge in [-0.15, -0.1) is 0 Å². The molecule has 0 aromatic heterocycles. The van der Waals surface area contributed by atoms with Crippen LogP contribution in [0.15, 0.2) is 72.8 Å². The first-order valence-corrected chi connectivity index (χ1v) is 11.4. The maximum absolute atomic E-state index is 12.4. The van der Waals surface area contributed by atoms with Crippen molar-refractivity contribution in [1.29, 1.82) is 0 Å². The zero-order valence-electron chi connectivity index (χ0n) is 19.2. The molecule has 1 aliphatic rings. The Morgan fingerprint density at radius 1 is 0.941 bits per heavy atom. The summed E-state index contributed by atoms with van der Waals surface area (Å²) in [4.78, 5) is 24.7. The fraction of sp³-hybridized carbons (Fsp3) is 0.259. The molecule has 7 nitrogen and oxygen atoms in total. The third-order valence-corrected chi connectivity index (χ3v) is 5.47. The molecule has 0 spiro atoms. The Bertz CT molecular complexity index is 1110.